The first-order chi connectivity index (χ1) is 14.5. The number of carbonyl (C=O) groups is 1. The molecule has 6 nitrogen and oxygen atoms in total. The van der Waals surface area contributed by atoms with Crippen molar-refractivity contribution in [3.05, 3.63) is 99.3 Å². The number of benzene rings is 2. The lowest BCUT2D eigenvalue weighted by Gasteiger charge is -2.08. The highest BCUT2D eigenvalue weighted by molar-refractivity contribution is 5.87. The van der Waals surface area contributed by atoms with Gasteiger partial charge in [0.05, 0.1) is 0 Å². The maximum absolute atomic E-state index is 12.4. The summed E-state index contributed by atoms with van der Waals surface area (Å²) in [5.74, 6) is 0.660. The van der Waals surface area contributed by atoms with Crippen LogP contribution in [0.5, 0.6) is 5.75 Å². The van der Waals surface area contributed by atoms with Crippen LogP contribution >= 0.6 is 0 Å². The van der Waals surface area contributed by atoms with E-state index in [1.165, 1.54) is 12.1 Å². The van der Waals surface area contributed by atoms with Gasteiger partial charge >= 0.3 is 11.6 Å². The number of para-hydroxylation sites is 1. The topological polar surface area (TPSA) is 78.9 Å². The maximum Gasteiger partial charge on any atom is 0.374 e. The number of furan rings is 1. The standard InChI is InChI=1S/C24H20O6/c1-15-10-20-17(12-23(25)30-22(20)11-16(15)2)13-28-24(26)21-9-8-19(29-21)14-27-18-6-4-3-5-7-18/h3-12H,13-14H2,1-2H3. The van der Waals surface area contributed by atoms with E-state index in [9.17, 15) is 9.59 Å². The van der Waals surface area contributed by atoms with Crippen LogP contribution in [0, 0.1) is 13.8 Å². The molecule has 4 aromatic rings. The first-order valence-electron chi connectivity index (χ1n) is 9.47. The molecule has 2 aromatic heterocycles. The molecule has 30 heavy (non-hydrogen) atoms. The number of hydrogen-bond donors (Lipinski definition) is 0. The van der Waals surface area contributed by atoms with Gasteiger partial charge in [0.25, 0.3) is 0 Å². The van der Waals surface area contributed by atoms with Gasteiger partial charge < -0.3 is 18.3 Å². The van der Waals surface area contributed by atoms with E-state index in [1.807, 2.05) is 56.3 Å². The lowest BCUT2D eigenvalue weighted by molar-refractivity contribution is 0.0433. The van der Waals surface area contributed by atoms with Crippen LogP contribution < -0.4 is 10.4 Å². The van der Waals surface area contributed by atoms with E-state index < -0.39 is 11.6 Å². The van der Waals surface area contributed by atoms with E-state index in [0.29, 0.717) is 22.7 Å². The van der Waals surface area contributed by atoms with Gasteiger partial charge in [-0.3, -0.25) is 0 Å². The highest BCUT2D eigenvalue weighted by atomic mass is 16.5. The van der Waals surface area contributed by atoms with Gasteiger partial charge in [0, 0.05) is 17.0 Å². The van der Waals surface area contributed by atoms with Crippen molar-refractivity contribution in [2.75, 3.05) is 0 Å². The molecule has 0 N–H and O–H groups in total. The largest absolute Gasteiger partial charge is 0.486 e. The van der Waals surface area contributed by atoms with Crippen LogP contribution in [0.25, 0.3) is 11.0 Å². The molecular weight excluding hydrogens is 384 g/mol. The van der Waals surface area contributed by atoms with Gasteiger partial charge in [-0.25, -0.2) is 9.59 Å². The number of fused-ring (bicyclic) bond motifs is 1. The second-order valence-electron chi connectivity index (χ2n) is 6.97. The Bertz CT molecular complexity index is 1250. The summed E-state index contributed by atoms with van der Waals surface area (Å²) in [5.41, 5.74) is 2.63. The zero-order chi connectivity index (χ0) is 21.1. The minimum absolute atomic E-state index is 0.0695. The van der Waals surface area contributed by atoms with E-state index >= 15 is 0 Å². The third-order valence-electron chi connectivity index (χ3n) is 4.79. The molecule has 0 aliphatic carbocycles. The second-order valence-corrected chi connectivity index (χ2v) is 6.97. The van der Waals surface area contributed by atoms with E-state index in [4.69, 9.17) is 18.3 Å². The second kappa shape index (κ2) is 8.29. The summed E-state index contributed by atoms with van der Waals surface area (Å²) in [4.78, 5) is 24.3. The van der Waals surface area contributed by atoms with Gasteiger partial charge in [0.1, 0.15) is 30.3 Å². The summed E-state index contributed by atoms with van der Waals surface area (Å²) in [6.45, 7) is 4.04. The normalized spacial score (nSPS) is 10.9. The average Bonchev–Trinajstić information content (AvgIpc) is 3.21. The predicted molar refractivity (Wildman–Crippen MR) is 111 cm³/mol. The van der Waals surface area contributed by atoms with E-state index in [0.717, 1.165) is 16.5 Å². The summed E-state index contributed by atoms with van der Waals surface area (Å²) in [5, 5.41) is 0.738. The molecule has 0 unspecified atom stereocenters. The molecule has 2 aromatic carbocycles. The lowest BCUT2D eigenvalue weighted by Crippen LogP contribution is -2.07. The number of aryl methyl sites for hydroxylation is 2. The van der Waals surface area contributed by atoms with E-state index in [1.54, 1.807) is 6.07 Å². The Balaban J connectivity index is 1.44. The Kier molecular flexibility index (Phi) is 5.39. The van der Waals surface area contributed by atoms with Crippen molar-refractivity contribution in [3.63, 3.8) is 0 Å². The molecule has 0 bridgehead atoms. The van der Waals surface area contributed by atoms with Gasteiger partial charge in [-0.1, -0.05) is 18.2 Å². The van der Waals surface area contributed by atoms with Crippen LogP contribution in [-0.4, -0.2) is 5.97 Å². The molecule has 0 aliphatic heterocycles. The molecular formula is C24H20O6. The van der Waals surface area contributed by atoms with Gasteiger partial charge in [0.2, 0.25) is 5.76 Å². The molecule has 0 fully saturated rings. The molecule has 2 heterocycles. The first kappa shape index (κ1) is 19.5. The van der Waals surface area contributed by atoms with Crippen molar-refractivity contribution >= 4 is 16.9 Å². The SMILES string of the molecule is Cc1cc2oc(=O)cc(COC(=O)c3ccc(COc4ccccc4)o3)c2cc1C. The highest BCUT2D eigenvalue weighted by Gasteiger charge is 2.15. The van der Waals surface area contributed by atoms with Crippen molar-refractivity contribution in [2.45, 2.75) is 27.1 Å². The summed E-state index contributed by atoms with van der Waals surface area (Å²) in [7, 11) is 0. The quantitative estimate of drug-likeness (QED) is 0.335. The highest BCUT2D eigenvalue weighted by Crippen LogP contribution is 2.23. The zero-order valence-electron chi connectivity index (χ0n) is 16.6. The molecule has 6 heteroatoms. The van der Waals surface area contributed by atoms with Crippen molar-refractivity contribution in [1.82, 2.24) is 0 Å². The van der Waals surface area contributed by atoms with Crippen LogP contribution in [0.3, 0.4) is 0 Å². The van der Waals surface area contributed by atoms with Gasteiger partial charge in [-0.05, 0) is 61.4 Å². The number of rotatable bonds is 6. The molecule has 0 spiro atoms. The average molecular weight is 404 g/mol. The minimum Gasteiger partial charge on any atom is -0.486 e. The molecule has 0 radical (unpaired) electrons. The van der Waals surface area contributed by atoms with Crippen molar-refractivity contribution in [2.24, 2.45) is 0 Å². The number of esters is 1. The van der Waals surface area contributed by atoms with Crippen molar-refractivity contribution < 1.29 is 23.1 Å². The predicted octanol–water partition coefficient (Wildman–Crippen LogP) is 4.94. The lowest BCUT2D eigenvalue weighted by atomic mass is 10.0. The van der Waals surface area contributed by atoms with Crippen LogP contribution in [0.4, 0.5) is 0 Å². The van der Waals surface area contributed by atoms with E-state index in [-0.39, 0.29) is 19.0 Å². The Morgan fingerprint density at radius 2 is 1.67 bits per heavy atom. The smallest absolute Gasteiger partial charge is 0.374 e. The third kappa shape index (κ3) is 4.27. The minimum atomic E-state index is -0.619. The molecule has 0 saturated heterocycles. The summed E-state index contributed by atoms with van der Waals surface area (Å²) in [6, 6.07) is 17.6. The molecule has 0 saturated carbocycles. The third-order valence-corrected chi connectivity index (χ3v) is 4.79. The van der Waals surface area contributed by atoms with Crippen LogP contribution in [0.2, 0.25) is 0 Å². The van der Waals surface area contributed by atoms with Crippen molar-refractivity contribution in [1.29, 1.82) is 0 Å². The van der Waals surface area contributed by atoms with Crippen LogP contribution in [0.1, 0.15) is 33.0 Å². The Morgan fingerprint density at radius 3 is 2.47 bits per heavy atom. The Morgan fingerprint density at radius 1 is 0.900 bits per heavy atom. The Hall–Kier alpha value is -3.80. The monoisotopic (exact) mass is 404 g/mol. The van der Waals surface area contributed by atoms with Crippen molar-refractivity contribution in [3.8, 4) is 5.75 Å². The van der Waals surface area contributed by atoms with Crippen LogP contribution in [0.15, 0.2) is 74.3 Å². The fourth-order valence-electron chi connectivity index (χ4n) is 3.05. The molecule has 0 atom stereocenters. The number of ether oxygens (including phenoxy) is 2. The van der Waals surface area contributed by atoms with Gasteiger partial charge in [0.15, 0.2) is 0 Å². The fourth-order valence-corrected chi connectivity index (χ4v) is 3.05. The van der Waals surface area contributed by atoms with Gasteiger partial charge in [-0.2, -0.15) is 0 Å². The number of carbonyl (C=O) groups excluding carboxylic acids is 1. The summed E-state index contributed by atoms with van der Waals surface area (Å²) < 4.78 is 21.8. The fraction of sp³-hybridized carbons (Fsp3) is 0.167. The van der Waals surface area contributed by atoms with Gasteiger partial charge in [-0.15, -0.1) is 0 Å². The van der Waals surface area contributed by atoms with Crippen LogP contribution in [-0.2, 0) is 18.0 Å². The first-order valence-corrected chi connectivity index (χ1v) is 9.47. The summed E-state index contributed by atoms with van der Waals surface area (Å²) >= 11 is 0. The molecule has 152 valence electrons. The van der Waals surface area contributed by atoms with E-state index in [2.05, 4.69) is 0 Å². The zero-order valence-corrected chi connectivity index (χ0v) is 16.6. The molecule has 0 amide bonds. The number of hydrogen-bond acceptors (Lipinski definition) is 6. The molecule has 4 rings (SSSR count). The maximum atomic E-state index is 12.4. The Labute approximate surface area is 172 Å². The molecule has 0 aliphatic rings. The summed E-state index contributed by atoms with van der Waals surface area (Å²) in [6.07, 6.45) is 0.